The molecule has 0 aliphatic rings. The van der Waals surface area contributed by atoms with Crippen LogP contribution in [-0.2, 0) is 19.4 Å². The van der Waals surface area contributed by atoms with Crippen molar-refractivity contribution >= 4 is 25.4 Å². The van der Waals surface area contributed by atoms with Crippen molar-refractivity contribution in [2.45, 2.75) is 157 Å². The van der Waals surface area contributed by atoms with Crippen LogP contribution in [0.5, 0.6) is 0 Å². The quantitative estimate of drug-likeness (QED) is 0.00939. The van der Waals surface area contributed by atoms with Gasteiger partial charge in [-0.15, -0.1) is 19.0 Å². The summed E-state index contributed by atoms with van der Waals surface area (Å²) in [7, 11) is 0. The molecule has 0 aliphatic heterocycles. The van der Waals surface area contributed by atoms with Crippen LogP contribution in [0.25, 0.3) is 0 Å². The summed E-state index contributed by atoms with van der Waals surface area (Å²) >= 11 is 0. The maximum atomic E-state index is 10.2. The molecule has 16 nitrogen and oxygen atoms in total. The normalized spacial score (nSPS) is 14.4. The van der Waals surface area contributed by atoms with E-state index >= 15 is 0 Å². The van der Waals surface area contributed by atoms with Gasteiger partial charge < -0.3 is 76.7 Å². The van der Waals surface area contributed by atoms with Crippen molar-refractivity contribution < 1.29 is 141 Å². The van der Waals surface area contributed by atoms with Crippen molar-refractivity contribution in [1.82, 2.24) is 10.6 Å². The van der Waals surface area contributed by atoms with Crippen molar-refractivity contribution in [3.8, 4) is 0 Å². The van der Waals surface area contributed by atoms with Gasteiger partial charge in [-0.1, -0.05) is 106 Å². The molecule has 0 aromatic rings. The number of aliphatic hydroxyl groups is 2. The summed E-state index contributed by atoms with van der Waals surface area (Å²) in [6.45, 7) is 28.3. The zero-order valence-electron chi connectivity index (χ0n) is 44.7. The van der Waals surface area contributed by atoms with Gasteiger partial charge in [0.05, 0.1) is 18.8 Å². The Morgan fingerprint density at radius 2 is 0.877 bits per heavy atom. The van der Waals surface area contributed by atoms with Crippen molar-refractivity contribution in [3.63, 3.8) is 0 Å². The average Bonchev–Trinajstić information content (AvgIpc) is 3.25. The fraction of sp³-hybridized carbons (Fsp3) is 0.911. The molecule has 0 spiro atoms. The zero-order chi connectivity index (χ0) is 47.0. The van der Waals surface area contributed by atoms with Crippen LogP contribution >= 0.6 is 12.4 Å². The molecule has 20 heteroatoms. The molecule has 0 heterocycles. The summed E-state index contributed by atoms with van der Waals surface area (Å²) in [5.74, 6) is 5.40. The van der Waals surface area contributed by atoms with Gasteiger partial charge in [0.15, 0.2) is 0 Å². The van der Waals surface area contributed by atoms with Crippen LogP contribution in [0.3, 0.4) is 0 Å². The van der Waals surface area contributed by atoms with Crippen LogP contribution < -0.4 is 138 Å². The van der Waals surface area contributed by atoms with E-state index < -0.39 is 0 Å². The number of halogens is 1. The van der Waals surface area contributed by atoms with E-state index in [0.29, 0.717) is 49.2 Å². The molecule has 0 radical (unpaired) electrons. The van der Waals surface area contributed by atoms with Crippen LogP contribution in [0.4, 0.5) is 0 Å². The minimum absolute atomic E-state index is 0. The van der Waals surface area contributed by atoms with Gasteiger partial charge in [0.25, 0.3) is 12.9 Å². The third-order valence-electron chi connectivity index (χ3n) is 11.1. The number of hydrogen-bond acceptors (Lipinski definition) is 15. The Morgan fingerprint density at radius 3 is 1.11 bits per heavy atom. The number of carbonyl (C=O) groups excluding carboxylic acids is 2. The third-order valence-corrected chi connectivity index (χ3v) is 11.1. The van der Waals surface area contributed by atoms with Gasteiger partial charge in [0.1, 0.15) is 0 Å². The first-order chi connectivity index (χ1) is 28.7. The second kappa shape index (κ2) is 72.0. The van der Waals surface area contributed by atoms with E-state index in [1.165, 1.54) is 51.4 Å². The molecule has 0 aliphatic carbocycles. The van der Waals surface area contributed by atoms with Gasteiger partial charge in [-0.25, -0.2) is 0 Å². The first-order valence-electron chi connectivity index (χ1n) is 23.1. The van der Waals surface area contributed by atoms with Crippen LogP contribution in [0.2, 0.25) is 0 Å². The number of nitrogens with two attached hydrogens (primary N) is 4. The number of rotatable bonds is 35. The number of carbonyl (C=O) groups is 2. The second-order valence-electron chi connectivity index (χ2n) is 16.9. The largest absolute Gasteiger partial charge is 1.00 e. The molecular formula is C45H103ClN7Na3O9. The smallest absolute Gasteiger partial charge is 1.00 e. The Hall–Kier alpha value is 1.49. The summed E-state index contributed by atoms with van der Waals surface area (Å²) in [5.41, 5.74) is 26.3. The van der Waals surface area contributed by atoms with Gasteiger partial charge >= 0.3 is 88.7 Å². The molecule has 0 amide bonds. The Kier molecular flexibility index (Phi) is 99.0. The van der Waals surface area contributed by atoms with Crippen LogP contribution in [0.1, 0.15) is 147 Å². The van der Waals surface area contributed by atoms with Gasteiger partial charge in [-0.2, -0.15) is 0 Å². The predicted molar refractivity (Wildman–Crippen MR) is 254 cm³/mol. The van der Waals surface area contributed by atoms with Crippen molar-refractivity contribution in [3.05, 3.63) is 12.7 Å². The number of hydrogen-bond donors (Lipinski definition) is 9. The Morgan fingerprint density at radius 1 is 0.600 bits per heavy atom. The van der Waals surface area contributed by atoms with Crippen LogP contribution in [0, 0.1) is 47.3 Å². The first-order valence-corrected chi connectivity index (χ1v) is 23.1. The number of nitrogens with one attached hydrogen (secondary N) is 2. The predicted octanol–water partition coefficient (Wildman–Crippen LogP) is -6.09. The average molecular weight is 991 g/mol. The minimum Gasteiger partial charge on any atom is -1.00 e. The van der Waals surface area contributed by atoms with Gasteiger partial charge in [-0.3, -0.25) is 9.59 Å². The van der Waals surface area contributed by atoms with Crippen LogP contribution in [0.15, 0.2) is 12.7 Å². The zero-order valence-corrected chi connectivity index (χ0v) is 50.5. The molecule has 9 atom stereocenters. The number of aliphatic hydroxyl groups excluding tert-OH is 2. The second-order valence-corrected chi connectivity index (χ2v) is 16.9. The molecular weight excluding hydrogens is 887 g/mol. The molecule has 65 heavy (non-hydrogen) atoms. The van der Waals surface area contributed by atoms with E-state index in [0.717, 1.165) is 95.5 Å². The van der Waals surface area contributed by atoms with E-state index in [-0.39, 0.29) is 133 Å². The molecule has 16 N–H and O–H groups in total. The number of quaternary nitrogens is 1. The molecule has 0 saturated carbocycles. The Labute approximate surface area is 472 Å². The van der Waals surface area contributed by atoms with E-state index in [1.807, 2.05) is 0 Å². The van der Waals surface area contributed by atoms with Gasteiger partial charge in [0, 0.05) is 25.6 Å². The summed E-state index contributed by atoms with van der Waals surface area (Å²) in [5, 5.41) is 43.9. The van der Waals surface area contributed by atoms with Crippen molar-refractivity contribution in [1.29, 1.82) is 0 Å². The molecule has 0 aromatic heterocycles. The molecule has 382 valence electrons. The molecule has 0 bridgehead atoms. The first kappa shape index (κ1) is 89.4. The fourth-order valence-electron chi connectivity index (χ4n) is 7.07. The Balaban J connectivity index is -0.0000000758. The van der Waals surface area contributed by atoms with E-state index in [9.17, 15) is 10.2 Å². The van der Waals surface area contributed by atoms with E-state index in [4.69, 9.17) is 43.0 Å². The standard InChI is InChI=1S/C21H46N2O.C19H44N4O.C3H7N.2CH2O3.ClH.3Na.H2O.H/c1-5-19(15-22)13-17(3)9-7-11-21(24)12-8-10-18(4)14-20(6-2)16-23;1-5-17(9-20)7-15(3)11-22-13-19(24)14-23-12-16(4)8-18(6-2)10-21;1-2-3-4;2*2-1-4-3;;;;;;/h17-21,24H,5-16,22-23H2,1-4H3;15-19,22-24H,5-14,20-21H2,1-4H3;2H,1,3-4H2;2*1,3H;1H;;;;1H2;/q;;;;;;3*+1;;-1/p-2. The fourth-order valence-corrected chi connectivity index (χ4v) is 7.07. The van der Waals surface area contributed by atoms with E-state index in [2.05, 4.69) is 88.1 Å². The summed E-state index contributed by atoms with van der Waals surface area (Å²) < 4.78 is 0. The summed E-state index contributed by atoms with van der Waals surface area (Å²) in [6.07, 6.45) is 17.4. The maximum Gasteiger partial charge on any atom is 1.00 e. The Bertz CT molecular complexity index is 750. The van der Waals surface area contributed by atoms with E-state index in [1.54, 1.807) is 6.08 Å². The van der Waals surface area contributed by atoms with Crippen molar-refractivity contribution in [2.24, 2.45) is 70.3 Å². The maximum absolute atomic E-state index is 10.2. The SMILES string of the molecule is C=CCN.CCC(CN)CC(C)CCCC(O)CCCC(C)CC(CC)CN.CCC(CN)CC(C)CNCC(O)CNCC(C)CC(CC)C[NH3+].Cl.O=CO[O-].O=CO[O-].[H-].[Na+].[Na+].[Na+].[OH-]. The summed E-state index contributed by atoms with van der Waals surface area (Å²) in [6, 6.07) is 0. The van der Waals surface area contributed by atoms with Crippen molar-refractivity contribution in [2.75, 3.05) is 58.9 Å². The molecule has 0 saturated heterocycles. The molecule has 0 fully saturated rings. The minimum atomic E-state index is -0.323. The summed E-state index contributed by atoms with van der Waals surface area (Å²) in [4.78, 5) is 22.5. The topological polar surface area (TPSA) is 325 Å². The van der Waals surface area contributed by atoms with Gasteiger partial charge in [0.2, 0.25) is 0 Å². The molecule has 9 unspecified atom stereocenters. The third kappa shape index (κ3) is 72.1. The van der Waals surface area contributed by atoms with Gasteiger partial charge in [-0.05, 0) is 119 Å². The molecule has 0 rings (SSSR count). The van der Waals surface area contributed by atoms with Crippen LogP contribution in [-0.4, -0.2) is 99.7 Å². The monoisotopic (exact) mass is 990 g/mol. The molecule has 0 aromatic carbocycles.